The van der Waals surface area contributed by atoms with Crippen LogP contribution in [0.5, 0.6) is 0 Å². The van der Waals surface area contributed by atoms with Gasteiger partial charge in [-0.2, -0.15) is 0 Å². The minimum Gasteiger partial charge on any atom is -0.463 e. The molecule has 2 aromatic heterocycles. The highest BCUT2D eigenvalue weighted by Crippen LogP contribution is 2.25. The number of likely N-dealkylation sites (tertiary alicyclic amines) is 1. The number of nitrogens with zero attached hydrogens (tertiary/aromatic N) is 2. The van der Waals surface area contributed by atoms with Crippen molar-refractivity contribution in [2.24, 2.45) is 0 Å². The average molecular weight is 384 g/mol. The Labute approximate surface area is 150 Å². The number of thiazole rings is 1. The number of hydrogen-bond acceptors (Lipinski definition) is 7. The summed E-state index contributed by atoms with van der Waals surface area (Å²) in [7, 11) is -3.18. The molecular weight excluding hydrogens is 364 g/mol. The second-order valence-corrected chi connectivity index (χ2v) is 8.64. The number of carbonyl (C=O) groups is 1. The van der Waals surface area contributed by atoms with E-state index in [-0.39, 0.29) is 18.5 Å². The van der Waals surface area contributed by atoms with Gasteiger partial charge >= 0.3 is 0 Å². The lowest BCUT2D eigenvalue weighted by atomic mass is 10.1. The third-order valence-electron chi connectivity index (χ3n) is 3.86. The molecule has 1 aliphatic rings. The van der Waals surface area contributed by atoms with Crippen molar-refractivity contribution in [3.63, 3.8) is 0 Å². The monoisotopic (exact) mass is 384 g/mol. The molecule has 8 nitrogen and oxygen atoms in total. The van der Waals surface area contributed by atoms with Crippen LogP contribution in [0.2, 0.25) is 0 Å². The van der Waals surface area contributed by atoms with E-state index in [4.69, 9.17) is 4.42 Å². The molecule has 10 heteroatoms. The van der Waals surface area contributed by atoms with Gasteiger partial charge in [0.15, 0.2) is 10.9 Å². The van der Waals surface area contributed by atoms with Crippen molar-refractivity contribution in [1.82, 2.24) is 14.6 Å². The lowest BCUT2D eigenvalue weighted by Gasteiger charge is -2.31. The summed E-state index contributed by atoms with van der Waals surface area (Å²) in [5.41, 5.74) is 0.693. The van der Waals surface area contributed by atoms with Gasteiger partial charge in [0.1, 0.15) is 5.69 Å². The first-order valence-corrected chi connectivity index (χ1v) is 10.6. The zero-order chi connectivity index (χ0) is 17.9. The van der Waals surface area contributed by atoms with Crippen LogP contribution in [0.1, 0.15) is 12.8 Å². The molecule has 1 aliphatic heterocycles. The summed E-state index contributed by atoms with van der Waals surface area (Å²) in [4.78, 5) is 18.5. The van der Waals surface area contributed by atoms with E-state index in [0.29, 0.717) is 42.5 Å². The maximum absolute atomic E-state index is 12.2. The highest BCUT2D eigenvalue weighted by atomic mass is 32.2. The van der Waals surface area contributed by atoms with Crippen molar-refractivity contribution in [1.29, 1.82) is 0 Å². The van der Waals surface area contributed by atoms with Gasteiger partial charge < -0.3 is 9.73 Å². The molecule has 1 saturated heterocycles. The van der Waals surface area contributed by atoms with Gasteiger partial charge in [0.25, 0.3) is 0 Å². The molecule has 0 aliphatic carbocycles. The topological polar surface area (TPSA) is 105 Å². The van der Waals surface area contributed by atoms with Gasteiger partial charge in [-0.25, -0.2) is 18.1 Å². The first kappa shape index (κ1) is 18.1. The minimum absolute atomic E-state index is 0.0517. The Balaban J connectivity index is 1.46. The normalized spacial score (nSPS) is 16.8. The van der Waals surface area contributed by atoms with E-state index in [1.54, 1.807) is 12.3 Å². The minimum atomic E-state index is -3.18. The standard InChI is InChI=1S/C15H20N4O4S2/c1-25(21,22)18-11-4-6-19(7-5-11)9-14(20)17-15-16-12(10-24-15)13-3-2-8-23-13/h2-3,8,10-11,18H,4-7,9H2,1H3,(H,16,17,20). The van der Waals surface area contributed by atoms with Crippen LogP contribution < -0.4 is 10.0 Å². The van der Waals surface area contributed by atoms with E-state index in [0.717, 1.165) is 6.26 Å². The Kier molecular flexibility index (Phi) is 5.52. The molecule has 25 heavy (non-hydrogen) atoms. The molecular formula is C15H20N4O4S2. The van der Waals surface area contributed by atoms with Crippen LogP contribution in [0.25, 0.3) is 11.5 Å². The maximum Gasteiger partial charge on any atom is 0.240 e. The Hall–Kier alpha value is -1.75. The molecule has 2 aromatic rings. The molecule has 0 aromatic carbocycles. The number of sulfonamides is 1. The molecule has 3 rings (SSSR count). The van der Waals surface area contributed by atoms with Crippen molar-refractivity contribution in [2.45, 2.75) is 18.9 Å². The zero-order valence-electron chi connectivity index (χ0n) is 13.8. The van der Waals surface area contributed by atoms with E-state index in [1.165, 1.54) is 11.3 Å². The number of carbonyl (C=O) groups excluding carboxylic acids is 1. The Morgan fingerprint density at radius 1 is 1.44 bits per heavy atom. The highest BCUT2D eigenvalue weighted by Gasteiger charge is 2.23. The molecule has 3 heterocycles. The summed E-state index contributed by atoms with van der Waals surface area (Å²) in [5, 5.41) is 5.16. The van der Waals surface area contributed by atoms with Crippen LogP contribution in [0.15, 0.2) is 28.2 Å². The molecule has 0 bridgehead atoms. The van der Waals surface area contributed by atoms with Gasteiger partial charge in [-0.3, -0.25) is 9.69 Å². The van der Waals surface area contributed by atoms with Crippen LogP contribution in [0.4, 0.5) is 5.13 Å². The second-order valence-electron chi connectivity index (χ2n) is 6.00. The number of aromatic nitrogens is 1. The molecule has 1 amide bonds. The summed E-state index contributed by atoms with van der Waals surface area (Å²) in [6, 6.07) is 3.55. The largest absolute Gasteiger partial charge is 0.463 e. The summed E-state index contributed by atoms with van der Waals surface area (Å²) < 4.78 is 30.4. The molecule has 0 unspecified atom stereocenters. The smallest absolute Gasteiger partial charge is 0.240 e. The van der Waals surface area contributed by atoms with Crippen LogP contribution in [0.3, 0.4) is 0 Å². The van der Waals surface area contributed by atoms with Gasteiger partial charge in [0, 0.05) is 24.5 Å². The van der Waals surface area contributed by atoms with Crippen LogP contribution in [-0.4, -0.2) is 56.1 Å². The number of hydrogen-bond donors (Lipinski definition) is 2. The zero-order valence-corrected chi connectivity index (χ0v) is 15.4. The van der Waals surface area contributed by atoms with E-state index >= 15 is 0 Å². The molecule has 2 N–H and O–H groups in total. The number of anilines is 1. The van der Waals surface area contributed by atoms with Crippen LogP contribution in [-0.2, 0) is 14.8 Å². The number of nitrogens with one attached hydrogen (secondary N) is 2. The lowest BCUT2D eigenvalue weighted by molar-refractivity contribution is -0.117. The van der Waals surface area contributed by atoms with E-state index < -0.39 is 10.0 Å². The van der Waals surface area contributed by atoms with Crippen molar-refractivity contribution in [2.75, 3.05) is 31.2 Å². The first-order valence-electron chi connectivity index (χ1n) is 7.88. The third-order valence-corrected chi connectivity index (χ3v) is 5.38. The van der Waals surface area contributed by atoms with E-state index in [1.807, 2.05) is 16.3 Å². The van der Waals surface area contributed by atoms with Crippen LogP contribution >= 0.6 is 11.3 Å². The van der Waals surface area contributed by atoms with E-state index in [2.05, 4.69) is 15.0 Å². The average Bonchev–Trinajstić information content (AvgIpc) is 3.18. The first-order chi connectivity index (χ1) is 11.9. The maximum atomic E-state index is 12.2. The van der Waals surface area contributed by atoms with Gasteiger partial charge in [-0.1, -0.05) is 0 Å². The van der Waals surface area contributed by atoms with Gasteiger partial charge in [-0.05, 0) is 25.0 Å². The summed E-state index contributed by atoms with van der Waals surface area (Å²) >= 11 is 1.35. The van der Waals surface area contributed by atoms with Gasteiger partial charge in [-0.15, -0.1) is 11.3 Å². The van der Waals surface area contributed by atoms with Crippen molar-refractivity contribution in [3.05, 3.63) is 23.8 Å². The molecule has 0 saturated carbocycles. The van der Waals surface area contributed by atoms with Gasteiger partial charge in [0.05, 0.1) is 19.1 Å². The lowest BCUT2D eigenvalue weighted by Crippen LogP contribution is -2.46. The number of piperidine rings is 1. The number of rotatable bonds is 6. The molecule has 0 atom stereocenters. The highest BCUT2D eigenvalue weighted by molar-refractivity contribution is 7.88. The Bertz CT molecular complexity index is 808. The summed E-state index contributed by atoms with van der Waals surface area (Å²) in [6.07, 6.45) is 4.13. The second kappa shape index (κ2) is 7.65. The molecule has 1 fully saturated rings. The van der Waals surface area contributed by atoms with E-state index in [9.17, 15) is 13.2 Å². The number of amides is 1. The predicted molar refractivity (Wildman–Crippen MR) is 95.9 cm³/mol. The van der Waals surface area contributed by atoms with Crippen molar-refractivity contribution in [3.8, 4) is 11.5 Å². The quantitative estimate of drug-likeness (QED) is 0.779. The summed E-state index contributed by atoms with van der Waals surface area (Å²) in [5.74, 6) is 0.534. The van der Waals surface area contributed by atoms with Crippen LogP contribution in [0, 0.1) is 0 Å². The van der Waals surface area contributed by atoms with Gasteiger partial charge in [0.2, 0.25) is 15.9 Å². The van der Waals surface area contributed by atoms with Crippen molar-refractivity contribution >= 4 is 32.4 Å². The molecule has 0 radical (unpaired) electrons. The third kappa shape index (κ3) is 5.36. The fourth-order valence-corrected chi connectivity index (χ4v) is 4.30. The fourth-order valence-electron chi connectivity index (χ4n) is 2.74. The molecule has 0 spiro atoms. The summed E-state index contributed by atoms with van der Waals surface area (Å²) in [6.45, 7) is 1.62. The number of furan rings is 1. The Morgan fingerprint density at radius 2 is 2.20 bits per heavy atom. The fraction of sp³-hybridized carbons (Fsp3) is 0.467. The SMILES string of the molecule is CS(=O)(=O)NC1CCN(CC(=O)Nc2nc(-c3ccco3)cs2)CC1. The predicted octanol–water partition coefficient (Wildman–Crippen LogP) is 1.36. The van der Waals surface area contributed by atoms with Crippen molar-refractivity contribution < 1.29 is 17.6 Å². The molecule has 136 valence electrons. The Morgan fingerprint density at radius 3 is 2.84 bits per heavy atom.